The fourth-order valence-corrected chi connectivity index (χ4v) is 3.44. The summed E-state index contributed by atoms with van der Waals surface area (Å²) in [6, 6.07) is 17.0. The molecule has 2 heterocycles. The number of ether oxygens (including phenoxy) is 1. The van der Waals surface area contributed by atoms with E-state index in [1.807, 2.05) is 48.5 Å². The Morgan fingerprint density at radius 2 is 1.77 bits per heavy atom. The Balaban J connectivity index is 1.35. The molecule has 26 heavy (non-hydrogen) atoms. The number of benzene rings is 2. The lowest BCUT2D eigenvalue weighted by Gasteiger charge is -2.44. The first-order chi connectivity index (χ1) is 12.7. The Kier molecular flexibility index (Phi) is 4.24. The Morgan fingerprint density at radius 3 is 2.54 bits per heavy atom. The molecule has 0 radical (unpaired) electrons. The van der Waals surface area contributed by atoms with E-state index in [1.165, 1.54) is 0 Å². The van der Waals surface area contributed by atoms with Gasteiger partial charge < -0.3 is 20.3 Å². The molecule has 0 saturated carbocycles. The van der Waals surface area contributed by atoms with Gasteiger partial charge in [-0.15, -0.1) is 0 Å². The summed E-state index contributed by atoms with van der Waals surface area (Å²) < 4.78 is 6.10. The molecule has 2 aliphatic rings. The number of piperidine rings is 1. The van der Waals surface area contributed by atoms with Crippen LogP contribution in [0, 0.1) is 0 Å². The molecule has 0 aliphatic carbocycles. The minimum atomic E-state index is -0.721. The van der Waals surface area contributed by atoms with Crippen LogP contribution in [0.1, 0.15) is 28.8 Å². The first-order valence-electron chi connectivity index (χ1n) is 8.82. The van der Waals surface area contributed by atoms with Gasteiger partial charge in [-0.05, 0) is 17.7 Å². The van der Waals surface area contributed by atoms with Crippen LogP contribution in [0.2, 0.25) is 0 Å². The van der Waals surface area contributed by atoms with Crippen molar-refractivity contribution in [2.75, 3.05) is 13.1 Å². The second kappa shape index (κ2) is 6.71. The fraction of sp³-hybridized carbons (Fsp3) is 0.300. The Hall–Kier alpha value is -3.02. The minimum Gasteiger partial charge on any atom is -0.467 e. The highest BCUT2D eigenvalue weighted by Gasteiger charge is 2.43. The van der Waals surface area contributed by atoms with Gasteiger partial charge >= 0.3 is 6.03 Å². The summed E-state index contributed by atoms with van der Waals surface area (Å²) in [5, 5.41) is 5.93. The van der Waals surface area contributed by atoms with Gasteiger partial charge in [0.15, 0.2) is 5.72 Å². The average Bonchev–Trinajstić information content (AvgIpc) is 2.67. The van der Waals surface area contributed by atoms with Crippen LogP contribution in [0.15, 0.2) is 54.6 Å². The molecule has 6 nitrogen and oxygen atoms in total. The fourth-order valence-electron chi connectivity index (χ4n) is 3.44. The van der Waals surface area contributed by atoms with Crippen molar-refractivity contribution in [2.24, 2.45) is 0 Å². The second-order valence-electron chi connectivity index (χ2n) is 6.68. The van der Waals surface area contributed by atoms with Gasteiger partial charge in [0.05, 0.1) is 5.56 Å². The molecule has 1 spiro atoms. The molecular formula is C20H21N3O3. The predicted molar refractivity (Wildman–Crippen MR) is 96.8 cm³/mol. The zero-order valence-corrected chi connectivity index (χ0v) is 14.4. The Morgan fingerprint density at radius 1 is 1.08 bits per heavy atom. The lowest BCUT2D eigenvalue weighted by atomic mass is 9.97. The van der Waals surface area contributed by atoms with Crippen LogP contribution in [0.25, 0.3) is 0 Å². The molecule has 6 heteroatoms. The highest BCUT2D eigenvalue weighted by molar-refractivity contribution is 5.98. The summed E-state index contributed by atoms with van der Waals surface area (Å²) in [6.45, 7) is 1.56. The summed E-state index contributed by atoms with van der Waals surface area (Å²) in [5.74, 6) is 0.493. The van der Waals surface area contributed by atoms with Crippen molar-refractivity contribution < 1.29 is 14.3 Å². The predicted octanol–water partition coefficient (Wildman–Crippen LogP) is 2.51. The first kappa shape index (κ1) is 16.4. The van der Waals surface area contributed by atoms with Crippen molar-refractivity contribution >= 4 is 11.9 Å². The first-order valence-corrected chi connectivity index (χ1v) is 8.82. The van der Waals surface area contributed by atoms with Crippen LogP contribution >= 0.6 is 0 Å². The number of rotatable bonds is 2. The number of nitrogens with one attached hydrogen (secondary N) is 2. The SMILES string of the molecule is O=C1NC2(CCN(C(=O)NCc3ccccc3)CC2)Oc2ccccc21. The number of urea groups is 1. The summed E-state index contributed by atoms with van der Waals surface area (Å²) in [7, 11) is 0. The van der Waals surface area contributed by atoms with Gasteiger partial charge in [-0.2, -0.15) is 0 Å². The van der Waals surface area contributed by atoms with E-state index < -0.39 is 5.72 Å². The van der Waals surface area contributed by atoms with Gasteiger partial charge in [0.1, 0.15) is 5.75 Å². The second-order valence-corrected chi connectivity index (χ2v) is 6.68. The number of hydrogen-bond acceptors (Lipinski definition) is 3. The van der Waals surface area contributed by atoms with Crippen molar-refractivity contribution in [3.05, 3.63) is 65.7 Å². The molecule has 2 aliphatic heterocycles. The smallest absolute Gasteiger partial charge is 0.317 e. The number of likely N-dealkylation sites (tertiary alicyclic amines) is 1. The molecule has 1 saturated heterocycles. The van der Waals surface area contributed by atoms with Crippen LogP contribution in [0.3, 0.4) is 0 Å². The van der Waals surface area contributed by atoms with E-state index in [0.717, 1.165) is 5.56 Å². The number of nitrogens with zero attached hydrogens (tertiary/aromatic N) is 1. The van der Waals surface area contributed by atoms with E-state index >= 15 is 0 Å². The molecule has 4 rings (SSSR count). The van der Waals surface area contributed by atoms with Crippen molar-refractivity contribution in [1.29, 1.82) is 0 Å². The summed E-state index contributed by atoms with van der Waals surface area (Å²) in [4.78, 5) is 26.5. The summed E-state index contributed by atoms with van der Waals surface area (Å²) >= 11 is 0. The number of amides is 3. The molecular weight excluding hydrogens is 330 g/mol. The summed E-state index contributed by atoms with van der Waals surface area (Å²) in [6.07, 6.45) is 1.12. The van der Waals surface area contributed by atoms with Crippen molar-refractivity contribution in [1.82, 2.24) is 15.5 Å². The Bertz CT molecular complexity index is 814. The van der Waals surface area contributed by atoms with Crippen LogP contribution in [0.5, 0.6) is 5.75 Å². The van der Waals surface area contributed by atoms with Gasteiger partial charge in [0.25, 0.3) is 5.91 Å². The van der Waals surface area contributed by atoms with Crippen LogP contribution in [-0.4, -0.2) is 35.7 Å². The van der Waals surface area contributed by atoms with Gasteiger partial charge in [-0.3, -0.25) is 4.79 Å². The van der Waals surface area contributed by atoms with Crippen LogP contribution in [-0.2, 0) is 6.54 Å². The lowest BCUT2D eigenvalue weighted by molar-refractivity contribution is -0.0212. The highest BCUT2D eigenvalue weighted by atomic mass is 16.5. The average molecular weight is 351 g/mol. The molecule has 2 N–H and O–H groups in total. The van der Waals surface area contributed by atoms with Gasteiger partial charge in [0.2, 0.25) is 0 Å². The number of carbonyl (C=O) groups is 2. The topological polar surface area (TPSA) is 70.7 Å². The normalized spacial score (nSPS) is 17.8. The third-order valence-electron chi connectivity index (χ3n) is 4.92. The molecule has 2 aromatic rings. The number of para-hydroxylation sites is 1. The maximum Gasteiger partial charge on any atom is 0.317 e. The van der Waals surface area contributed by atoms with Gasteiger partial charge in [0, 0.05) is 32.5 Å². The Labute approximate surface area is 152 Å². The van der Waals surface area contributed by atoms with Crippen molar-refractivity contribution in [2.45, 2.75) is 25.1 Å². The maximum absolute atomic E-state index is 12.4. The van der Waals surface area contributed by atoms with E-state index in [9.17, 15) is 9.59 Å². The highest BCUT2D eigenvalue weighted by Crippen LogP contribution is 2.33. The van der Waals surface area contributed by atoms with Crippen LogP contribution in [0.4, 0.5) is 4.79 Å². The van der Waals surface area contributed by atoms with Crippen molar-refractivity contribution in [3.8, 4) is 5.75 Å². The van der Waals surface area contributed by atoms with E-state index in [0.29, 0.717) is 43.8 Å². The molecule has 3 amide bonds. The number of fused-ring (bicyclic) bond motifs is 1. The van der Waals surface area contributed by atoms with E-state index in [1.54, 1.807) is 11.0 Å². The third-order valence-corrected chi connectivity index (χ3v) is 4.92. The number of hydrogen-bond donors (Lipinski definition) is 2. The zero-order valence-electron chi connectivity index (χ0n) is 14.4. The van der Waals surface area contributed by atoms with E-state index in [4.69, 9.17) is 4.74 Å². The molecule has 0 unspecified atom stereocenters. The van der Waals surface area contributed by atoms with Gasteiger partial charge in [-0.25, -0.2) is 4.79 Å². The van der Waals surface area contributed by atoms with E-state index in [-0.39, 0.29) is 11.9 Å². The molecule has 134 valence electrons. The minimum absolute atomic E-state index is 0.0914. The number of carbonyl (C=O) groups excluding carboxylic acids is 2. The van der Waals surface area contributed by atoms with Crippen LogP contribution < -0.4 is 15.4 Å². The molecule has 1 fully saturated rings. The molecule has 2 aromatic carbocycles. The quantitative estimate of drug-likeness (QED) is 0.873. The third kappa shape index (κ3) is 3.22. The molecule has 0 bridgehead atoms. The zero-order chi connectivity index (χ0) is 18.0. The molecule has 0 atom stereocenters. The standard InChI is InChI=1S/C20H21N3O3/c24-18-16-8-4-5-9-17(16)26-20(22-18)10-12-23(13-11-20)19(25)21-14-15-6-2-1-3-7-15/h1-9H,10-14H2,(H,21,25)(H,22,24). The summed E-state index contributed by atoms with van der Waals surface area (Å²) in [5.41, 5.74) is 0.900. The maximum atomic E-state index is 12.4. The molecule has 0 aromatic heterocycles. The van der Waals surface area contributed by atoms with Crippen molar-refractivity contribution in [3.63, 3.8) is 0 Å². The monoisotopic (exact) mass is 351 g/mol. The van der Waals surface area contributed by atoms with Gasteiger partial charge in [-0.1, -0.05) is 42.5 Å². The largest absolute Gasteiger partial charge is 0.467 e. The van der Waals surface area contributed by atoms with E-state index in [2.05, 4.69) is 10.6 Å². The lowest BCUT2D eigenvalue weighted by Crippen LogP contribution is -2.62.